The first kappa shape index (κ1) is 10.6. The van der Waals surface area contributed by atoms with Gasteiger partial charge in [0.2, 0.25) is 0 Å². The summed E-state index contributed by atoms with van der Waals surface area (Å²) in [5.74, 6) is 0.928. The van der Waals surface area contributed by atoms with E-state index >= 15 is 0 Å². The van der Waals surface area contributed by atoms with Crippen LogP contribution < -0.4 is 5.32 Å². The molecule has 0 saturated heterocycles. The Bertz CT molecular complexity index is 465. The Balaban J connectivity index is 2.38. The number of hydrogen-bond donors (Lipinski definition) is 2. The number of hydrogen-bond acceptors (Lipinski definition) is 3. The maximum Gasteiger partial charge on any atom is 0.177 e. The molecular weight excluding hydrogens is 256 g/mol. The molecule has 2 N–H and O–H groups in total. The van der Waals surface area contributed by atoms with E-state index in [-0.39, 0.29) is 6.04 Å². The van der Waals surface area contributed by atoms with Crippen LogP contribution in [0.4, 0.5) is 0 Å². The summed E-state index contributed by atoms with van der Waals surface area (Å²) in [6, 6.07) is 2.21. The van der Waals surface area contributed by atoms with Crippen molar-refractivity contribution in [1.82, 2.24) is 20.3 Å². The van der Waals surface area contributed by atoms with E-state index in [0.29, 0.717) is 0 Å². The number of nitrogens with zero attached hydrogens (tertiary/aromatic N) is 2. The molecule has 0 bridgehead atoms. The van der Waals surface area contributed by atoms with Gasteiger partial charge < -0.3 is 10.3 Å². The second-order valence-corrected chi connectivity index (χ2v) is 4.34. The molecule has 2 aromatic heterocycles. The largest absolute Gasteiger partial charge is 0.339 e. The van der Waals surface area contributed by atoms with Gasteiger partial charge in [0.05, 0.1) is 11.6 Å². The van der Waals surface area contributed by atoms with Crippen molar-refractivity contribution < 1.29 is 0 Å². The average Bonchev–Trinajstić information content (AvgIpc) is 2.60. The molecular formula is C10H13BrN4. The van der Waals surface area contributed by atoms with E-state index in [2.05, 4.69) is 50.0 Å². The summed E-state index contributed by atoms with van der Waals surface area (Å²) in [4.78, 5) is 11.9. The van der Waals surface area contributed by atoms with E-state index in [1.54, 1.807) is 6.20 Å². The van der Waals surface area contributed by atoms with E-state index in [1.807, 2.05) is 6.07 Å². The summed E-state index contributed by atoms with van der Waals surface area (Å²) in [6.07, 6.45) is 1.75. The summed E-state index contributed by atoms with van der Waals surface area (Å²) < 4.78 is 0.960. The van der Waals surface area contributed by atoms with Gasteiger partial charge in [0, 0.05) is 10.7 Å². The molecule has 0 aliphatic heterocycles. The molecule has 15 heavy (non-hydrogen) atoms. The first-order valence-electron chi connectivity index (χ1n) is 4.95. The molecule has 80 valence electrons. The third kappa shape index (κ3) is 2.18. The third-order valence-electron chi connectivity index (χ3n) is 2.24. The highest BCUT2D eigenvalue weighted by atomic mass is 79.9. The van der Waals surface area contributed by atoms with Crippen LogP contribution in [0.25, 0.3) is 11.2 Å². The van der Waals surface area contributed by atoms with Gasteiger partial charge in [0.25, 0.3) is 0 Å². The Morgan fingerprint density at radius 2 is 2.40 bits per heavy atom. The molecule has 0 amide bonds. The van der Waals surface area contributed by atoms with Gasteiger partial charge in [0.15, 0.2) is 5.65 Å². The summed E-state index contributed by atoms with van der Waals surface area (Å²) in [5.41, 5.74) is 1.72. The van der Waals surface area contributed by atoms with Crippen molar-refractivity contribution in [3.05, 3.63) is 22.6 Å². The molecule has 0 aliphatic rings. The number of pyridine rings is 1. The normalized spacial score (nSPS) is 13.3. The van der Waals surface area contributed by atoms with Gasteiger partial charge >= 0.3 is 0 Å². The Labute approximate surface area is 96.6 Å². The van der Waals surface area contributed by atoms with Crippen LogP contribution in [0.2, 0.25) is 0 Å². The molecule has 0 spiro atoms. The molecule has 0 saturated carbocycles. The van der Waals surface area contributed by atoms with Gasteiger partial charge in [-0.1, -0.05) is 6.92 Å². The first-order valence-corrected chi connectivity index (χ1v) is 5.74. The molecule has 0 aliphatic carbocycles. The minimum atomic E-state index is 0.225. The molecule has 5 heteroatoms. The fraction of sp³-hybridized carbons (Fsp3) is 0.400. The molecule has 0 aromatic carbocycles. The van der Waals surface area contributed by atoms with Crippen LogP contribution in [0, 0.1) is 0 Å². The van der Waals surface area contributed by atoms with Crippen LogP contribution in [0.3, 0.4) is 0 Å². The fourth-order valence-electron chi connectivity index (χ4n) is 1.50. The standard InChI is InChI=1S/C10H13BrN4/c1-3-12-6(2)9-14-8-4-7(11)5-13-10(8)15-9/h4-6,12H,3H2,1-2H3,(H,13,14,15). The molecule has 0 fully saturated rings. The van der Waals surface area contributed by atoms with E-state index in [4.69, 9.17) is 0 Å². The molecule has 2 aromatic rings. The summed E-state index contributed by atoms with van der Waals surface area (Å²) >= 11 is 3.38. The second kappa shape index (κ2) is 4.28. The molecule has 1 unspecified atom stereocenters. The highest BCUT2D eigenvalue weighted by molar-refractivity contribution is 9.10. The fourth-order valence-corrected chi connectivity index (χ4v) is 1.83. The predicted molar refractivity (Wildman–Crippen MR) is 63.7 cm³/mol. The topological polar surface area (TPSA) is 53.6 Å². The van der Waals surface area contributed by atoms with Gasteiger partial charge in [-0.15, -0.1) is 0 Å². The Morgan fingerprint density at radius 1 is 1.60 bits per heavy atom. The number of aromatic nitrogens is 3. The highest BCUT2D eigenvalue weighted by Crippen LogP contribution is 2.17. The SMILES string of the molecule is CCNC(C)c1nc2ncc(Br)cc2[nH]1. The van der Waals surface area contributed by atoms with E-state index < -0.39 is 0 Å². The smallest absolute Gasteiger partial charge is 0.177 e. The maximum atomic E-state index is 4.42. The zero-order valence-corrected chi connectivity index (χ0v) is 10.3. The molecule has 0 radical (unpaired) electrons. The number of nitrogens with one attached hydrogen (secondary N) is 2. The number of fused-ring (bicyclic) bond motifs is 1. The number of halogens is 1. The third-order valence-corrected chi connectivity index (χ3v) is 2.68. The number of H-pyrrole nitrogens is 1. The lowest BCUT2D eigenvalue weighted by Crippen LogP contribution is -2.18. The van der Waals surface area contributed by atoms with Gasteiger partial charge in [-0.2, -0.15) is 0 Å². The van der Waals surface area contributed by atoms with Crippen molar-refractivity contribution >= 4 is 27.1 Å². The molecule has 4 nitrogen and oxygen atoms in total. The van der Waals surface area contributed by atoms with Crippen molar-refractivity contribution in [2.24, 2.45) is 0 Å². The molecule has 1 atom stereocenters. The van der Waals surface area contributed by atoms with E-state index in [0.717, 1.165) is 28.0 Å². The zero-order valence-electron chi connectivity index (χ0n) is 8.71. The summed E-state index contributed by atoms with van der Waals surface area (Å²) in [7, 11) is 0. The van der Waals surface area contributed by atoms with Crippen molar-refractivity contribution in [2.75, 3.05) is 6.54 Å². The van der Waals surface area contributed by atoms with E-state index in [9.17, 15) is 0 Å². The van der Waals surface area contributed by atoms with E-state index in [1.165, 1.54) is 0 Å². The Morgan fingerprint density at radius 3 is 3.13 bits per heavy atom. The van der Waals surface area contributed by atoms with Crippen LogP contribution in [-0.4, -0.2) is 21.5 Å². The van der Waals surface area contributed by atoms with Crippen LogP contribution in [0.1, 0.15) is 25.7 Å². The van der Waals surface area contributed by atoms with Crippen molar-refractivity contribution in [3.63, 3.8) is 0 Å². The lowest BCUT2D eigenvalue weighted by atomic mass is 10.3. The molecule has 2 rings (SSSR count). The number of rotatable bonds is 3. The maximum absolute atomic E-state index is 4.42. The predicted octanol–water partition coefficient (Wildman–Crippen LogP) is 2.39. The Hall–Kier alpha value is -0.940. The lowest BCUT2D eigenvalue weighted by molar-refractivity contribution is 0.573. The van der Waals surface area contributed by atoms with Crippen LogP contribution in [0.15, 0.2) is 16.7 Å². The number of aromatic amines is 1. The van der Waals surface area contributed by atoms with Gasteiger partial charge in [-0.05, 0) is 35.5 Å². The van der Waals surface area contributed by atoms with Gasteiger partial charge in [-0.25, -0.2) is 9.97 Å². The van der Waals surface area contributed by atoms with Crippen molar-refractivity contribution in [2.45, 2.75) is 19.9 Å². The van der Waals surface area contributed by atoms with Crippen LogP contribution in [0.5, 0.6) is 0 Å². The highest BCUT2D eigenvalue weighted by Gasteiger charge is 2.09. The summed E-state index contributed by atoms with van der Waals surface area (Å²) in [5, 5.41) is 3.30. The summed E-state index contributed by atoms with van der Waals surface area (Å²) in [6.45, 7) is 5.08. The lowest BCUT2D eigenvalue weighted by Gasteiger charge is -2.07. The zero-order chi connectivity index (χ0) is 10.8. The van der Waals surface area contributed by atoms with Crippen molar-refractivity contribution in [3.8, 4) is 0 Å². The van der Waals surface area contributed by atoms with Crippen molar-refractivity contribution in [1.29, 1.82) is 0 Å². The van der Waals surface area contributed by atoms with Crippen LogP contribution in [-0.2, 0) is 0 Å². The number of imidazole rings is 1. The van der Waals surface area contributed by atoms with Gasteiger partial charge in [-0.3, -0.25) is 0 Å². The quantitative estimate of drug-likeness (QED) is 0.899. The van der Waals surface area contributed by atoms with Crippen LogP contribution >= 0.6 is 15.9 Å². The first-order chi connectivity index (χ1) is 7.20. The Kier molecular flexibility index (Phi) is 3.02. The van der Waals surface area contributed by atoms with Gasteiger partial charge in [0.1, 0.15) is 5.82 Å². The minimum Gasteiger partial charge on any atom is -0.339 e. The monoisotopic (exact) mass is 268 g/mol. The molecule has 2 heterocycles. The minimum absolute atomic E-state index is 0.225. The average molecular weight is 269 g/mol. The second-order valence-electron chi connectivity index (χ2n) is 3.43.